The van der Waals surface area contributed by atoms with Gasteiger partial charge in [-0.3, -0.25) is 4.79 Å². The third-order valence-corrected chi connectivity index (χ3v) is 4.22. The number of rotatable bonds is 3. The van der Waals surface area contributed by atoms with Crippen LogP contribution >= 0.6 is 22.9 Å². The van der Waals surface area contributed by atoms with Crippen LogP contribution in [0.1, 0.15) is 6.92 Å². The molecule has 22 heavy (non-hydrogen) atoms. The van der Waals surface area contributed by atoms with Crippen molar-refractivity contribution in [2.24, 2.45) is 0 Å². The zero-order valence-electron chi connectivity index (χ0n) is 11.8. The van der Waals surface area contributed by atoms with Crippen LogP contribution in [0.5, 0.6) is 0 Å². The zero-order chi connectivity index (χ0) is 15.5. The number of nitrogens with one attached hydrogen (secondary N) is 1. The molecule has 0 atom stereocenters. The van der Waals surface area contributed by atoms with E-state index in [1.807, 2.05) is 53.9 Å². The fourth-order valence-electron chi connectivity index (χ4n) is 2.09. The zero-order valence-corrected chi connectivity index (χ0v) is 13.4. The summed E-state index contributed by atoms with van der Waals surface area (Å²) >= 11 is 7.49. The van der Waals surface area contributed by atoms with E-state index in [2.05, 4.69) is 10.3 Å². The summed E-state index contributed by atoms with van der Waals surface area (Å²) in [7, 11) is 0. The summed E-state index contributed by atoms with van der Waals surface area (Å²) in [5.74, 6) is -0.0859. The summed E-state index contributed by atoms with van der Waals surface area (Å²) in [6, 6.07) is 15.3. The Kier molecular flexibility index (Phi) is 4.22. The molecule has 0 saturated heterocycles. The van der Waals surface area contributed by atoms with Crippen LogP contribution in [0.4, 0.5) is 5.69 Å². The van der Waals surface area contributed by atoms with Gasteiger partial charge in [0.05, 0.1) is 5.69 Å². The van der Waals surface area contributed by atoms with E-state index < -0.39 is 0 Å². The summed E-state index contributed by atoms with van der Waals surface area (Å²) < 4.78 is 0. The van der Waals surface area contributed by atoms with Crippen molar-refractivity contribution in [3.05, 3.63) is 58.9 Å². The first-order valence-electron chi connectivity index (χ1n) is 6.71. The molecule has 0 saturated carbocycles. The number of nitrogens with zero attached hydrogens (tertiary/aromatic N) is 1. The molecule has 0 spiro atoms. The minimum atomic E-state index is -0.0859. The van der Waals surface area contributed by atoms with Crippen LogP contribution < -0.4 is 5.32 Å². The van der Waals surface area contributed by atoms with Gasteiger partial charge in [-0.1, -0.05) is 35.9 Å². The lowest BCUT2D eigenvalue weighted by atomic mass is 10.1. The molecule has 5 heteroatoms. The van der Waals surface area contributed by atoms with Gasteiger partial charge in [0.1, 0.15) is 5.01 Å². The molecule has 0 aliphatic carbocycles. The molecule has 1 aromatic heterocycles. The molecule has 0 bridgehead atoms. The Balaban J connectivity index is 1.90. The van der Waals surface area contributed by atoms with Crippen LogP contribution in [0.25, 0.3) is 21.8 Å². The van der Waals surface area contributed by atoms with Crippen LogP contribution in [-0.2, 0) is 4.79 Å². The smallest absolute Gasteiger partial charge is 0.221 e. The molecule has 3 aromatic rings. The molecule has 3 nitrogen and oxygen atoms in total. The number of halogens is 1. The Labute approximate surface area is 137 Å². The van der Waals surface area contributed by atoms with Crippen molar-refractivity contribution in [3.8, 4) is 21.8 Å². The van der Waals surface area contributed by atoms with Gasteiger partial charge < -0.3 is 5.32 Å². The quantitative estimate of drug-likeness (QED) is 0.727. The SMILES string of the molecule is CC(=O)Nc1cccc(-c2csc(-c3ccc(Cl)cc3)n2)c1. The standard InChI is InChI=1S/C17H13ClN2OS/c1-11(21)19-15-4-2-3-13(9-15)16-10-22-17(20-16)12-5-7-14(18)8-6-12/h2-10H,1H3,(H,19,21). The highest BCUT2D eigenvalue weighted by Gasteiger charge is 2.07. The second kappa shape index (κ2) is 6.30. The van der Waals surface area contributed by atoms with Gasteiger partial charge in [-0.25, -0.2) is 4.98 Å². The van der Waals surface area contributed by atoms with Crippen molar-refractivity contribution in [2.75, 3.05) is 5.32 Å². The molecular formula is C17H13ClN2OS. The van der Waals surface area contributed by atoms with E-state index in [-0.39, 0.29) is 5.91 Å². The van der Waals surface area contributed by atoms with E-state index in [1.54, 1.807) is 11.3 Å². The molecular weight excluding hydrogens is 316 g/mol. The summed E-state index contributed by atoms with van der Waals surface area (Å²) in [4.78, 5) is 15.8. The highest BCUT2D eigenvalue weighted by Crippen LogP contribution is 2.30. The van der Waals surface area contributed by atoms with E-state index in [0.717, 1.165) is 27.5 Å². The molecule has 0 fully saturated rings. The third kappa shape index (κ3) is 3.35. The van der Waals surface area contributed by atoms with Crippen molar-refractivity contribution in [2.45, 2.75) is 6.92 Å². The maximum absolute atomic E-state index is 11.1. The highest BCUT2D eigenvalue weighted by atomic mass is 35.5. The lowest BCUT2D eigenvalue weighted by Crippen LogP contribution is -2.05. The van der Waals surface area contributed by atoms with Crippen molar-refractivity contribution in [1.82, 2.24) is 4.98 Å². The fourth-order valence-corrected chi connectivity index (χ4v) is 3.05. The van der Waals surface area contributed by atoms with Gasteiger partial charge in [-0.15, -0.1) is 11.3 Å². The minimum absolute atomic E-state index is 0.0859. The summed E-state index contributed by atoms with van der Waals surface area (Å²) in [5.41, 5.74) is 3.68. The van der Waals surface area contributed by atoms with Crippen LogP contribution in [0, 0.1) is 0 Å². The molecule has 1 amide bonds. The largest absolute Gasteiger partial charge is 0.326 e. The Bertz CT molecular complexity index is 812. The van der Waals surface area contributed by atoms with Crippen LogP contribution in [0.3, 0.4) is 0 Å². The maximum Gasteiger partial charge on any atom is 0.221 e. The molecule has 0 aliphatic rings. The van der Waals surface area contributed by atoms with Gasteiger partial charge in [-0.05, 0) is 24.3 Å². The Morgan fingerprint density at radius 1 is 1.14 bits per heavy atom. The molecule has 1 heterocycles. The highest BCUT2D eigenvalue weighted by molar-refractivity contribution is 7.13. The number of aromatic nitrogens is 1. The molecule has 2 aromatic carbocycles. The lowest BCUT2D eigenvalue weighted by Gasteiger charge is -2.03. The van der Waals surface area contributed by atoms with Crippen molar-refractivity contribution in [1.29, 1.82) is 0 Å². The van der Waals surface area contributed by atoms with Gasteiger partial charge in [0.2, 0.25) is 5.91 Å². The molecule has 3 rings (SSSR count). The van der Waals surface area contributed by atoms with E-state index in [1.165, 1.54) is 6.92 Å². The Hall–Kier alpha value is -2.17. The number of carbonyl (C=O) groups excluding carboxylic acids is 1. The maximum atomic E-state index is 11.1. The van der Waals surface area contributed by atoms with Gasteiger partial charge in [-0.2, -0.15) is 0 Å². The molecule has 1 N–H and O–H groups in total. The number of hydrogen-bond acceptors (Lipinski definition) is 3. The van der Waals surface area contributed by atoms with Gasteiger partial charge in [0, 0.05) is 34.1 Å². The second-order valence-electron chi connectivity index (χ2n) is 4.81. The van der Waals surface area contributed by atoms with E-state index in [0.29, 0.717) is 5.02 Å². The van der Waals surface area contributed by atoms with Crippen LogP contribution in [-0.4, -0.2) is 10.9 Å². The van der Waals surface area contributed by atoms with E-state index >= 15 is 0 Å². The predicted molar refractivity (Wildman–Crippen MR) is 92.3 cm³/mol. The number of amides is 1. The average Bonchev–Trinajstić information content (AvgIpc) is 2.97. The number of hydrogen-bond donors (Lipinski definition) is 1. The Morgan fingerprint density at radius 2 is 1.91 bits per heavy atom. The van der Waals surface area contributed by atoms with Crippen molar-refractivity contribution >= 4 is 34.5 Å². The summed E-state index contributed by atoms with van der Waals surface area (Å²) in [5, 5.41) is 6.45. The number of thiazole rings is 1. The van der Waals surface area contributed by atoms with E-state index in [9.17, 15) is 4.79 Å². The monoisotopic (exact) mass is 328 g/mol. The summed E-state index contributed by atoms with van der Waals surface area (Å²) in [6.45, 7) is 1.49. The topological polar surface area (TPSA) is 42.0 Å². The van der Waals surface area contributed by atoms with Crippen molar-refractivity contribution in [3.63, 3.8) is 0 Å². The van der Waals surface area contributed by atoms with Crippen LogP contribution in [0.2, 0.25) is 5.02 Å². The lowest BCUT2D eigenvalue weighted by molar-refractivity contribution is -0.114. The minimum Gasteiger partial charge on any atom is -0.326 e. The molecule has 0 radical (unpaired) electrons. The van der Waals surface area contributed by atoms with Gasteiger partial charge in [0.25, 0.3) is 0 Å². The first-order chi connectivity index (χ1) is 10.6. The fraction of sp³-hybridized carbons (Fsp3) is 0.0588. The second-order valence-corrected chi connectivity index (χ2v) is 6.10. The molecule has 0 aliphatic heterocycles. The first-order valence-corrected chi connectivity index (χ1v) is 7.97. The number of anilines is 1. The predicted octanol–water partition coefficient (Wildman–Crippen LogP) is 5.09. The normalized spacial score (nSPS) is 10.5. The average molecular weight is 329 g/mol. The first kappa shape index (κ1) is 14.8. The Morgan fingerprint density at radius 3 is 2.64 bits per heavy atom. The number of carbonyl (C=O) groups is 1. The van der Waals surface area contributed by atoms with Gasteiger partial charge in [0.15, 0.2) is 0 Å². The van der Waals surface area contributed by atoms with Crippen molar-refractivity contribution < 1.29 is 4.79 Å². The molecule has 0 unspecified atom stereocenters. The van der Waals surface area contributed by atoms with E-state index in [4.69, 9.17) is 11.6 Å². The van der Waals surface area contributed by atoms with Crippen LogP contribution in [0.15, 0.2) is 53.9 Å². The summed E-state index contributed by atoms with van der Waals surface area (Å²) in [6.07, 6.45) is 0. The third-order valence-electron chi connectivity index (χ3n) is 3.07. The van der Waals surface area contributed by atoms with Gasteiger partial charge >= 0.3 is 0 Å². The molecule has 110 valence electrons. The number of benzene rings is 2.